The Morgan fingerprint density at radius 3 is 2.53 bits per heavy atom. The Labute approximate surface area is 218 Å². The van der Waals surface area contributed by atoms with Crippen molar-refractivity contribution in [2.45, 2.75) is 57.9 Å². The standard InChI is InChI=1S/C23H27FN4O2.C4H4O4/c1-15-18(23(29)28-10-3-2-4-21(28)25-15)9-13-27-11-7-16(8-12-27)22-19-6-5-17(24)14-20(19)30-26-22;5-3(6)1-2-4(7)8/h5-6,14,16H,2-4,7-13H2,1H3;1-2H,(H,5,6)(H,7,8)/b;2-1-. The highest BCUT2D eigenvalue weighted by Crippen LogP contribution is 2.32. The monoisotopic (exact) mass is 526 g/mol. The maximum Gasteiger partial charge on any atom is 0.328 e. The summed E-state index contributed by atoms with van der Waals surface area (Å²) in [5, 5.41) is 20.8. The fourth-order valence-corrected chi connectivity index (χ4v) is 5.09. The molecule has 11 heteroatoms. The lowest BCUT2D eigenvalue weighted by molar-refractivity contribution is -0.134. The van der Waals surface area contributed by atoms with E-state index in [0.29, 0.717) is 23.7 Å². The molecule has 2 aliphatic rings. The topological polar surface area (TPSA) is 139 Å². The van der Waals surface area contributed by atoms with Gasteiger partial charge in [-0.1, -0.05) is 5.16 Å². The molecule has 1 fully saturated rings. The van der Waals surface area contributed by atoms with Gasteiger partial charge in [0.1, 0.15) is 11.6 Å². The molecule has 3 aromatic rings. The van der Waals surface area contributed by atoms with Crippen molar-refractivity contribution in [1.29, 1.82) is 0 Å². The van der Waals surface area contributed by atoms with Gasteiger partial charge in [-0.15, -0.1) is 0 Å². The maximum atomic E-state index is 13.4. The Morgan fingerprint density at radius 2 is 1.84 bits per heavy atom. The smallest absolute Gasteiger partial charge is 0.328 e. The molecule has 2 aromatic heterocycles. The molecular formula is C27H31FN4O6. The Bertz CT molecular complexity index is 1390. The first-order chi connectivity index (χ1) is 18.2. The number of rotatable bonds is 6. The van der Waals surface area contributed by atoms with Gasteiger partial charge < -0.3 is 19.6 Å². The Kier molecular flexibility index (Phi) is 8.67. The molecule has 2 aliphatic heterocycles. The van der Waals surface area contributed by atoms with Crippen LogP contribution < -0.4 is 5.56 Å². The number of likely N-dealkylation sites (tertiary alicyclic amines) is 1. The zero-order chi connectivity index (χ0) is 27.2. The largest absolute Gasteiger partial charge is 0.478 e. The normalized spacial score (nSPS) is 16.3. The molecule has 4 heterocycles. The zero-order valence-corrected chi connectivity index (χ0v) is 21.2. The Morgan fingerprint density at radius 1 is 1.13 bits per heavy atom. The summed E-state index contributed by atoms with van der Waals surface area (Å²) in [6, 6.07) is 4.63. The molecule has 0 bridgehead atoms. The van der Waals surface area contributed by atoms with Crippen molar-refractivity contribution < 1.29 is 28.7 Å². The number of carboxylic acid groups (broad SMARTS) is 2. The second kappa shape index (κ2) is 12.1. The average molecular weight is 527 g/mol. The van der Waals surface area contributed by atoms with Gasteiger partial charge >= 0.3 is 11.9 Å². The molecule has 10 nitrogen and oxygen atoms in total. The maximum absolute atomic E-state index is 13.4. The predicted octanol–water partition coefficient (Wildman–Crippen LogP) is 3.30. The minimum atomic E-state index is -1.26. The van der Waals surface area contributed by atoms with Crippen molar-refractivity contribution in [2.24, 2.45) is 0 Å². The van der Waals surface area contributed by atoms with Crippen LogP contribution in [0.3, 0.4) is 0 Å². The van der Waals surface area contributed by atoms with Gasteiger partial charge in [-0.05, 0) is 64.3 Å². The molecule has 2 N–H and O–H groups in total. The lowest BCUT2D eigenvalue weighted by Gasteiger charge is -2.31. The lowest BCUT2D eigenvalue weighted by atomic mass is 9.91. The fourth-order valence-electron chi connectivity index (χ4n) is 5.09. The molecule has 38 heavy (non-hydrogen) atoms. The van der Waals surface area contributed by atoms with Gasteiger partial charge in [0.25, 0.3) is 5.56 Å². The van der Waals surface area contributed by atoms with Crippen LogP contribution in [-0.2, 0) is 29.0 Å². The number of piperidine rings is 1. The van der Waals surface area contributed by atoms with Crippen molar-refractivity contribution in [1.82, 2.24) is 19.6 Å². The van der Waals surface area contributed by atoms with E-state index in [-0.39, 0.29) is 11.4 Å². The van der Waals surface area contributed by atoms with E-state index in [0.717, 1.165) is 92.9 Å². The summed E-state index contributed by atoms with van der Waals surface area (Å²) in [6.07, 6.45) is 6.93. The lowest BCUT2D eigenvalue weighted by Crippen LogP contribution is -2.37. The number of halogens is 1. The summed E-state index contributed by atoms with van der Waals surface area (Å²) in [4.78, 5) is 39.2. The van der Waals surface area contributed by atoms with Crippen LogP contribution in [0.15, 0.2) is 39.7 Å². The van der Waals surface area contributed by atoms with Crippen LogP contribution in [-0.4, -0.2) is 61.4 Å². The van der Waals surface area contributed by atoms with Crippen molar-refractivity contribution in [2.75, 3.05) is 19.6 Å². The number of hydrogen-bond donors (Lipinski definition) is 2. The molecule has 0 unspecified atom stereocenters. The van der Waals surface area contributed by atoms with E-state index < -0.39 is 11.9 Å². The summed E-state index contributed by atoms with van der Waals surface area (Å²) >= 11 is 0. The SMILES string of the molecule is Cc1nc2n(c(=O)c1CCN1CCC(c3noc4cc(F)ccc34)CC1)CCCC2.O=C(O)/C=C\C(=O)O. The van der Waals surface area contributed by atoms with Crippen molar-refractivity contribution in [3.63, 3.8) is 0 Å². The van der Waals surface area contributed by atoms with E-state index in [1.807, 2.05) is 11.5 Å². The second-order valence-corrected chi connectivity index (χ2v) is 9.59. The third-order valence-electron chi connectivity index (χ3n) is 7.06. The number of fused-ring (bicyclic) bond motifs is 2. The highest BCUT2D eigenvalue weighted by molar-refractivity contribution is 5.89. The molecule has 0 atom stereocenters. The van der Waals surface area contributed by atoms with Gasteiger partial charge in [0.05, 0.1) is 5.69 Å². The van der Waals surface area contributed by atoms with Crippen LogP contribution >= 0.6 is 0 Å². The third kappa shape index (κ3) is 6.52. The van der Waals surface area contributed by atoms with Gasteiger partial charge in [0, 0.05) is 60.3 Å². The number of carboxylic acids is 2. The quantitative estimate of drug-likeness (QED) is 0.463. The van der Waals surface area contributed by atoms with E-state index in [1.54, 1.807) is 6.07 Å². The van der Waals surface area contributed by atoms with Crippen LogP contribution in [0, 0.1) is 12.7 Å². The number of carbonyl (C=O) groups is 2. The number of benzene rings is 1. The Hall–Kier alpha value is -3.86. The molecule has 5 rings (SSSR count). The van der Waals surface area contributed by atoms with Crippen LogP contribution in [0.25, 0.3) is 11.0 Å². The van der Waals surface area contributed by atoms with Crippen LogP contribution in [0.4, 0.5) is 4.39 Å². The highest BCUT2D eigenvalue weighted by Gasteiger charge is 2.25. The van der Waals surface area contributed by atoms with Gasteiger partial charge in [-0.3, -0.25) is 9.36 Å². The summed E-state index contributed by atoms with van der Waals surface area (Å²) in [6.45, 7) is 5.55. The minimum absolute atomic E-state index is 0.161. The molecular weight excluding hydrogens is 495 g/mol. The number of aryl methyl sites for hydroxylation is 2. The van der Waals surface area contributed by atoms with E-state index in [4.69, 9.17) is 19.7 Å². The van der Waals surface area contributed by atoms with Gasteiger partial charge in [-0.25, -0.2) is 19.0 Å². The summed E-state index contributed by atoms with van der Waals surface area (Å²) in [5.41, 5.74) is 3.38. The van der Waals surface area contributed by atoms with E-state index in [9.17, 15) is 18.8 Å². The van der Waals surface area contributed by atoms with Crippen LogP contribution in [0.1, 0.15) is 54.4 Å². The Balaban J connectivity index is 0.000000368. The molecule has 1 aromatic carbocycles. The molecule has 0 radical (unpaired) electrons. The van der Waals surface area contributed by atoms with E-state index in [1.165, 1.54) is 12.1 Å². The zero-order valence-electron chi connectivity index (χ0n) is 21.2. The highest BCUT2D eigenvalue weighted by atomic mass is 19.1. The first kappa shape index (κ1) is 27.2. The third-order valence-corrected chi connectivity index (χ3v) is 7.06. The van der Waals surface area contributed by atoms with Crippen LogP contribution in [0.2, 0.25) is 0 Å². The summed E-state index contributed by atoms with van der Waals surface area (Å²) < 4.78 is 20.6. The number of nitrogens with zero attached hydrogens (tertiary/aromatic N) is 4. The summed E-state index contributed by atoms with van der Waals surface area (Å²) in [5.74, 6) is -1.54. The first-order valence-electron chi connectivity index (χ1n) is 12.7. The second-order valence-electron chi connectivity index (χ2n) is 9.59. The summed E-state index contributed by atoms with van der Waals surface area (Å²) in [7, 11) is 0. The number of aliphatic carboxylic acids is 2. The van der Waals surface area contributed by atoms with Gasteiger partial charge in [-0.2, -0.15) is 0 Å². The van der Waals surface area contributed by atoms with Gasteiger partial charge in [0.2, 0.25) is 0 Å². The van der Waals surface area contributed by atoms with Crippen molar-refractivity contribution in [3.05, 3.63) is 69.3 Å². The van der Waals surface area contributed by atoms with E-state index in [2.05, 4.69) is 10.1 Å². The van der Waals surface area contributed by atoms with Crippen LogP contribution in [0.5, 0.6) is 0 Å². The average Bonchev–Trinajstić information content (AvgIpc) is 3.31. The fraction of sp³-hybridized carbons (Fsp3) is 0.444. The van der Waals surface area contributed by atoms with E-state index >= 15 is 0 Å². The molecule has 0 aliphatic carbocycles. The molecule has 0 spiro atoms. The minimum Gasteiger partial charge on any atom is -0.478 e. The molecule has 0 saturated carbocycles. The first-order valence-corrected chi connectivity index (χ1v) is 12.7. The predicted molar refractivity (Wildman–Crippen MR) is 137 cm³/mol. The molecule has 202 valence electrons. The van der Waals surface area contributed by atoms with Crippen molar-refractivity contribution >= 4 is 22.9 Å². The van der Waals surface area contributed by atoms with Crippen molar-refractivity contribution in [3.8, 4) is 0 Å². The van der Waals surface area contributed by atoms with Gasteiger partial charge in [0.15, 0.2) is 5.58 Å². The molecule has 1 saturated heterocycles. The number of hydrogen-bond acceptors (Lipinski definition) is 7. The molecule has 0 amide bonds. The number of aromatic nitrogens is 3.